The van der Waals surface area contributed by atoms with Crippen molar-refractivity contribution in [1.82, 2.24) is 0 Å². The van der Waals surface area contributed by atoms with Crippen molar-refractivity contribution in [3.63, 3.8) is 0 Å². The highest BCUT2D eigenvalue weighted by molar-refractivity contribution is 7.24. The SMILES string of the molecule is CCCCCCCCC=CCCCCCCCC(=O)C(OP(=O)=O)(C(=O)CCCCCCCC=CCCCCCCCC)C(O)CO. The Kier molecular flexibility index (Phi) is 32.1. The lowest BCUT2D eigenvalue weighted by Gasteiger charge is -2.31. The van der Waals surface area contributed by atoms with Crippen molar-refractivity contribution in [3.05, 3.63) is 24.3 Å². The molecule has 8 heteroatoms. The topological polar surface area (TPSA) is 118 Å². The van der Waals surface area contributed by atoms with Gasteiger partial charge in [0.05, 0.1) is 6.61 Å². The summed E-state index contributed by atoms with van der Waals surface area (Å²) in [5, 5.41) is 20.2. The fourth-order valence-corrected chi connectivity index (χ4v) is 6.58. The second-order valence-corrected chi connectivity index (χ2v) is 13.9. The number of carbonyl (C=O) groups is 2. The molecule has 0 aromatic carbocycles. The van der Waals surface area contributed by atoms with E-state index in [0.29, 0.717) is 12.8 Å². The summed E-state index contributed by atoms with van der Waals surface area (Å²) in [5.74, 6) is -1.54. The highest BCUT2D eigenvalue weighted by Crippen LogP contribution is 2.31. The average molecular weight is 683 g/mol. The van der Waals surface area contributed by atoms with Crippen LogP contribution in [0.3, 0.4) is 0 Å². The molecule has 0 amide bonds. The molecule has 0 radical (unpaired) electrons. The van der Waals surface area contributed by atoms with Crippen LogP contribution in [0.5, 0.6) is 0 Å². The van der Waals surface area contributed by atoms with E-state index in [1.54, 1.807) is 0 Å². The highest BCUT2D eigenvalue weighted by Gasteiger charge is 2.53. The van der Waals surface area contributed by atoms with Gasteiger partial charge in [0.2, 0.25) is 5.60 Å². The summed E-state index contributed by atoms with van der Waals surface area (Å²) in [6, 6.07) is 0. The molecule has 274 valence electrons. The Hall–Kier alpha value is -1.40. The first-order valence-electron chi connectivity index (χ1n) is 19.4. The number of aliphatic hydroxyl groups is 2. The van der Waals surface area contributed by atoms with Crippen molar-refractivity contribution >= 4 is 19.5 Å². The van der Waals surface area contributed by atoms with Crippen LogP contribution in [-0.2, 0) is 23.2 Å². The molecule has 7 nitrogen and oxygen atoms in total. The van der Waals surface area contributed by atoms with Gasteiger partial charge in [-0.1, -0.05) is 141 Å². The zero-order valence-corrected chi connectivity index (χ0v) is 31.2. The average Bonchev–Trinajstić information content (AvgIpc) is 3.06. The second kappa shape index (κ2) is 33.1. The molecular weight excluding hydrogens is 611 g/mol. The number of allylic oxidation sites excluding steroid dienone is 4. The van der Waals surface area contributed by atoms with Crippen molar-refractivity contribution in [2.75, 3.05) is 6.61 Å². The van der Waals surface area contributed by atoms with Crippen molar-refractivity contribution in [2.24, 2.45) is 0 Å². The zero-order valence-electron chi connectivity index (χ0n) is 30.3. The van der Waals surface area contributed by atoms with E-state index >= 15 is 0 Å². The van der Waals surface area contributed by atoms with E-state index in [1.807, 2.05) is 0 Å². The first-order valence-corrected chi connectivity index (χ1v) is 20.4. The van der Waals surface area contributed by atoms with Gasteiger partial charge in [0.25, 0.3) is 0 Å². The third-order valence-electron chi connectivity index (χ3n) is 9.02. The van der Waals surface area contributed by atoms with Crippen molar-refractivity contribution in [1.29, 1.82) is 0 Å². The van der Waals surface area contributed by atoms with Crippen LogP contribution in [0.2, 0.25) is 0 Å². The molecule has 0 aromatic heterocycles. The molecule has 0 aromatic rings. The number of unbranched alkanes of at least 4 members (excludes halogenated alkanes) is 22. The first kappa shape index (κ1) is 45.6. The molecule has 0 spiro atoms. The van der Waals surface area contributed by atoms with E-state index < -0.39 is 37.8 Å². The lowest BCUT2D eigenvalue weighted by atomic mass is 9.82. The van der Waals surface area contributed by atoms with Crippen molar-refractivity contribution in [3.8, 4) is 0 Å². The minimum atomic E-state index is -3.59. The third kappa shape index (κ3) is 24.4. The predicted molar refractivity (Wildman–Crippen MR) is 194 cm³/mol. The predicted octanol–water partition coefficient (Wildman–Crippen LogP) is 11.4. The third-order valence-corrected chi connectivity index (χ3v) is 9.46. The molecule has 2 N–H and O–H groups in total. The van der Waals surface area contributed by atoms with Crippen LogP contribution in [0.25, 0.3) is 0 Å². The lowest BCUT2D eigenvalue weighted by molar-refractivity contribution is -0.161. The van der Waals surface area contributed by atoms with Gasteiger partial charge < -0.3 is 10.2 Å². The fraction of sp³-hybridized carbons (Fsp3) is 0.846. The number of carbonyl (C=O) groups excluding carboxylic acids is 2. The van der Waals surface area contributed by atoms with Crippen molar-refractivity contribution < 1.29 is 33.5 Å². The number of ketones is 2. The van der Waals surface area contributed by atoms with Gasteiger partial charge in [-0.15, -0.1) is 0 Å². The minimum Gasteiger partial charge on any atom is -0.394 e. The number of hydrogen-bond acceptors (Lipinski definition) is 7. The smallest absolute Gasteiger partial charge is 0.394 e. The largest absolute Gasteiger partial charge is 0.469 e. The number of rotatable bonds is 36. The van der Waals surface area contributed by atoms with Gasteiger partial charge in [0, 0.05) is 12.8 Å². The molecule has 47 heavy (non-hydrogen) atoms. The summed E-state index contributed by atoms with van der Waals surface area (Å²) in [6.45, 7) is 3.52. The highest BCUT2D eigenvalue weighted by atomic mass is 31.1. The number of Topliss-reactive ketones (excluding diaryl/α,β-unsaturated/α-hetero) is 2. The molecule has 0 aliphatic carbocycles. The van der Waals surface area contributed by atoms with Gasteiger partial charge in [-0.05, 0) is 64.2 Å². The molecule has 0 rings (SSSR count). The van der Waals surface area contributed by atoms with Gasteiger partial charge in [-0.3, -0.25) is 9.59 Å². The summed E-state index contributed by atoms with van der Waals surface area (Å²) in [4.78, 5) is 26.5. The van der Waals surface area contributed by atoms with Gasteiger partial charge in [-0.25, -0.2) is 13.7 Å². The Morgan fingerprint density at radius 3 is 1.15 bits per heavy atom. The van der Waals surface area contributed by atoms with Crippen LogP contribution >= 0.6 is 7.91 Å². The van der Waals surface area contributed by atoms with E-state index in [0.717, 1.165) is 77.0 Å². The van der Waals surface area contributed by atoms with Gasteiger partial charge in [0.1, 0.15) is 6.10 Å². The number of hydrogen-bond donors (Lipinski definition) is 2. The fourth-order valence-electron chi connectivity index (χ4n) is 6.02. The zero-order chi connectivity index (χ0) is 34.9. The summed E-state index contributed by atoms with van der Waals surface area (Å²) in [6.07, 6.45) is 35.5. The Morgan fingerprint density at radius 1 is 0.553 bits per heavy atom. The maximum Gasteiger partial charge on any atom is 0.469 e. The van der Waals surface area contributed by atoms with E-state index in [-0.39, 0.29) is 12.8 Å². The van der Waals surface area contributed by atoms with Crippen LogP contribution in [0.4, 0.5) is 0 Å². The van der Waals surface area contributed by atoms with Crippen LogP contribution in [0.15, 0.2) is 24.3 Å². The molecule has 0 saturated heterocycles. The maximum absolute atomic E-state index is 13.2. The summed E-state index contributed by atoms with van der Waals surface area (Å²) >= 11 is 0. The van der Waals surface area contributed by atoms with Crippen LogP contribution in [0.1, 0.15) is 194 Å². The second-order valence-electron chi connectivity index (χ2n) is 13.3. The van der Waals surface area contributed by atoms with Crippen LogP contribution in [-0.4, -0.2) is 40.1 Å². The summed E-state index contributed by atoms with van der Waals surface area (Å²) < 4.78 is 28.0. The van der Waals surface area contributed by atoms with Gasteiger partial charge >= 0.3 is 7.91 Å². The Balaban J connectivity index is 4.41. The Morgan fingerprint density at radius 2 is 0.851 bits per heavy atom. The van der Waals surface area contributed by atoms with Gasteiger partial charge in [0.15, 0.2) is 11.6 Å². The molecule has 0 heterocycles. The maximum atomic E-state index is 13.2. The first-order chi connectivity index (χ1) is 22.9. The van der Waals surface area contributed by atoms with E-state index in [2.05, 4.69) is 38.2 Å². The normalized spacial score (nSPS) is 13.8. The van der Waals surface area contributed by atoms with E-state index in [9.17, 15) is 28.9 Å². The number of aliphatic hydroxyl groups excluding tert-OH is 2. The molecule has 1 atom stereocenters. The molecule has 0 fully saturated rings. The Bertz CT molecular complexity index is 821. The molecular formula is C39H71O7P. The van der Waals surface area contributed by atoms with Crippen LogP contribution in [0, 0.1) is 0 Å². The Labute approximate surface area is 288 Å². The summed E-state index contributed by atoms with van der Waals surface area (Å²) in [5.41, 5.74) is -2.56. The lowest BCUT2D eigenvalue weighted by Crippen LogP contribution is -2.58. The van der Waals surface area contributed by atoms with Crippen molar-refractivity contribution in [2.45, 2.75) is 205 Å². The van der Waals surface area contributed by atoms with E-state index in [1.165, 1.54) is 77.0 Å². The quantitative estimate of drug-likeness (QED) is 0.0292. The molecule has 0 aliphatic rings. The molecule has 0 aliphatic heterocycles. The standard InChI is InChI=1S/C39H71O7P/c1-3-5-7-9-11-13-15-17-19-21-23-25-27-29-31-33-36(41)39(38(43)35-40,46-47(44)45)37(42)34-32-30-28-26-24-22-20-18-16-14-12-10-8-6-4-2/h17-20,38,40,43H,3-16,21-35H2,1-2H3. The van der Waals surface area contributed by atoms with Crippen LogP contribution < -0.4 is 0 Å². The monoisotopic (exact) mass is 682 g/mol. The molecule has 0 saturated carbocycles. The van der Waals surface area contributed by atoms with E-state index in [4.69, 9.17) is 4.52 Å². The summed E-state index contributed by atoms with van der Waals surface area (Å²) in [7, 11) is -3.59. The van der Waals surface area contributed by atoms with Gasteiger partial charge in [-0.2, -0.15) is 0 Å². The molecule has 1 unspecified atom stereocenters. The molecule has 0 bridgehead atoms. The minimum absolute atomic E-state index is 0.0868.